The minimum absolute atomic E-state index is 0.287. The quantitative estimate of drug-likeness (QED) is 0.574. The van der Waals surface area contributed by atoms with Crippen molar-refractivity contribution in [1.29, 1.82) is 0 Å². The van der Waals surface area contributed by atoms with Crippen LogP contribution in [0.4, 0.5) is 0 Å². The number of ether oxygens (including phenoxy) is 2. The van der Waals surface area contributed by atoms with Crippen molar-refractivity contribution in [2.75, 3.05) is 13.2 Å². The Kier molecular flexibility index (Phi) is 6.03. The summed E-state index contributed by atoms with van der Waals surface area (Å²) in [5.41, 5.74) is 1.10. The zero-order valence-corrected chi connectivity index (χ0v) is 14.5. The first kappa shape index (κ1) is 16.0. The van der Waals surface area contributed by atoms with Gasteiger partial charge in [-0.25, -0.2) is 0 Å². The normalized spacial score (nSPS) is 16.6. The van der Waals surface area contributed by atoms with Gasteiger partial charge in [0.15, 0.2) is 11.5 Å². The smallest absolute Gasteiger partial charge is 0.162 e. The van der Waals surface area contributed by atoms with E-state index in [0.717, 1.165) is 34.4 Å². The van der Waals surface area contributed by atoms with Crippen LogP contribution in [-0.4, -0.2) is 13.2 Å². The lowest BCUT2D eigenvalue weighted by molar-refractivity contribution is 0.285. The lowest BCUT2D eigenvalue weighted by Gasteiger charge is -2.28. The Hall–Kier alpha value is -0.410. The molecule has 0 N–H and O–H groups in total. The lowest BCUT2D eigenvalue weighted by Crippen LogP contribution is -2.13. The van der Waals surface area contributed by atoms with E-state index >= 15 is 0 Å². The maximum absolute atomic E-state index is 6.41. The van der Waals surface area contributed by atoms with Gasteiger partial charge in [0.05, 0.1) is 13.2 Å². The molecule has 2 rings (SSSR count). The highest BCUT2D eigenvalue weighted by Gasteiger charge is 2.24. The van der Waals surface area contributed by atoms with E-state index in [0.29, 0.717) is 13.2 Å². The molecule has 1 saturated carbocycles. The Morgan fingerprint density at radius 3 is 2.30 bits per heavy atom. The third-order valence-corrected chi connectivity index (χ3v) is 4.96. The van der Waals surface area contributed by atoms with Crippen molar-refractivity contribution in [1.82, 2.24) is 0 Å². The highest BCUT2D eigenvalue weighted by atomic mass is 79.9. The molecule has 0 aromatic heterocycles. The predicted octanol–water partition coefficient (Wildman–Crippen LogP) is 5.76. The molecule has 0 aliphatic heterocycles. The first-order valence-electron chi connectivity index (χ1n) is 7.38. The van der Waals surface area contributed by atoms with E-state index in [-0.39, 0.29) is 4.83 Å². The fourth-order valence-corrected chi connectivity index (χ4v) is 3.80. The molecule has 0 spiro atoms. The Bertz CT molecular complexity index is 446. The topological polar surface area (TPSA) is 18.5 Å². The van der Waals surface area contributed by atoms with Gasteiger partial charge in [0.1, 0.15) is 0 Å². The summed E-state index contributed by atoms with van der Waals surface area (Å²) < 4.78 is 11.3. The molecule has 20 heavy (non-hydrogen) atoms. The van der Waals surface area contributed by atoms with Gasteiger partial charge in [0, 0.05) is 15.9 Å². The number of benzene rings is 1. The van der Waals surface area contributed by atoms with Crippen LogP contribution >= 0.6 is 27.5 Å². The molecule has 0 heterocycles. The molecule has 1 aromatic carbocycles. The molecule has 0 saturated heterocycles. The Balaban J connectivity index is 2.20. The van der Waals surface area contributed by atoms with Crippen LogP contribution in [0.5, 0.6) is 11.5 Å². The Morgan fingerprint density at radius 1 is 1.20 bits per heavy atom. The summed E-state index contributed by atoms with van der Waals surface area (Å²) in [6.45, 7) is 5.16. The summed E-state index contributed by atoms with van der Waals surface area (Å²) in [7, 11) is 0. The molecular formula is C16H22BrClO2. The second-order valence-electron chi connectivity index (χ2n) is 5.19. The molecule has 0 bridgehead atoms. The highest BCUT2D eigenvalue weighted by Crippen LogP contribution is 2.44. The number of rotatable bonds is 7. The molecule has 4 heteroatoms. The van der Waals surface area contributed by atoms with Gasteiger partial charge in [-0.05, 0) is 37.8 Å². The molecule has 1 aliphatic rings. The molecule has 1 unspecified atom stereocenters. The third kappa shape index (κ3) is 3.82. The maximum atomic E-state index is 6.41. The second-order valence-corrected chi connectivity index (χ2v) is 6.70. The average molecular weight is 362 g/mol. The minimum Gasteiger partial charge on any atom is -0.490 e. The van der Waals surface area contributed by atoms with E-state index in [1.54, 1.807) is 0 Å². The molecule has 1 aromatic rings. The van der Waals surface area contributed by atoms with E-state index in [1.165, 1.54) is 19.3 Å². The van der Waals surface area contributed by atoms with Crippen molar-refractivity contribution in [2.45, 2.75) is 44.4 Å². The van der Waals surface area contributed by atoms with Gasteiger partial charge in [-0.2, -0.15) is 0 Å². The fourth-order valence-electron chi connectivity index (χ4n) is 2.48. The van der Waals surface area contributed by atoms with E-state index in [9.17, 15) is 0 Å². The summed E-state index contributed by atoms with van der Waals surface area (Å²) in [4.78, 5) is 0.287. The lowest BCUT2D eigenvalue weighted by atomic mass is 9.81. The summed E-state index contributed by atoms with van der Waals surface area (Å²) in [5.74, 6) is 2.34. The van der Waals surface area contributed by atoms with E-state index < -0.39 is 0 Å². The Labute approximate surface area is 134 Å². The van der Waals surface area contributed by atoms with Crippen LogP contribution in [0.3, 0.4) is 0 Å². The van der Waals surface area contributed by atoms with Crippen LogP contribution in [0.15, 0.2) is 12.1 Å². The fraction of sp³-hybridized carbons (Fsp3) is 0.625. The number of alkyl halides is 1. The van der Waals surface area contributed by atoms with Crippen LogP contribution in [0.1, 0.15) is 49.9 Å². The molecular weight excluding hydrogens is 340 g/mol. The molecule has 0 radical (unpaired) electrons. The summed E-state index contributed by atoms with van der Waals surface area (Å²) in [6.07, 6.45) is 5.19. The SMILES string of the molecule is CCOc1cc(Cl)c(C(Br)CC2CCC2)cc1OCC. The zero-order valence-electron chi connectivity index (χ0n) is 12.1. The monoisotopic (exact) mass is 360 g/mol. The average Bonchev–Trinajstić information content (AvgIpc) is 2.37. The van der Waals surface area contributed by atoms with Gasteiger partial charge in [0.25, 0.3) is 0 Å². The van der Waals surface area contributed by atoms with Gasteiger partial charge in [0.2, 0.25) is 0 Å². The third-order valence-electron chi connectivity index (χ3n) is 3.77. The number of halogens is 2. The van der Waals surface area contributed by atoms with E-state index in [1.807, 2.05) is 26.0 Å². The summed E-state index contributed by atoms with van der Waals surface area (Å²) >= 11 is 10.2. The van der Waals surface area contributed by atoms with Crippen LogP contribution < -0.4 is 9.47 Å². The summed E-state index contributed by atoms with van der Waals surface area (Å²) in [5, 5.41) is 0.748. The van der Waals surface area contributed by atoms with Gasteiger partial charge < -0.3 is 9.47 Å². The van der Waals surface area contributed by atoms with E-state index in [2.05, 4.69) is 15.9 Å². The highest BCUT2D eigenvalue weighted by molar-refractivity contribution is 9.09. The summed E-state index contributed by atoms with van der Waals surface area (Å²) in [6, 6.07) is 3.90. The maximum Gasteiger partial charge on any atom is 0.162 e. The van der Waals surface area contributed by atoms with Crippen molar-refractivity contribution in [3.05, 3.63) is 22.7 Å². The molecule has 1 fully saturated rings. The van der Waals surface area contributed by atoms with Gasteiger partial charge in [-0.3, -0.25) is 0 Å². The molecule has 2 nitrogen and oxygen atoms in total. The Morgan fingerprint density at radius 2 is 1.80 bits per heavy atom. The standard InChI is InChI=1S/C16H22BrClO2/c1-3-19-15-9-12(13(17)8-11-6-5-7-11)14(18)10-16(15)20-4-2/h9-11,13H,3-8H2,1-2H3. The van der Waals surface area contributed by atoms with Crippen LogP contribution in [-0.2, 0) is 0 Å². The first-order chi connectivity index (χ1) is 9.65. The molecule has 1 atom stereocenters. The van der Waals surface area contributed by atoms with Crippen molar-refractivity contribution in [3.63, 3.8) is 0 Å². The predicted molar refractivity (Wildman–Crippen MR) is 87.4 cm³/mol. The number of hydrogen-bond donors (Lipinski definition) is 0. The van der Waals surface area contributed by atoms with Crippen LogP contribution in [0.2, 0.25) is 5.02 Å². The van der Waals surface area contributed by atoms with Crippen LogP contribution in [0, 0.1) is 5.92 Å². The van der Waals surface area contributed by atoms with Gasteiger partial charge in [-0.15, -0.1) is 0 Å². The largest absolute Gasteiger partial charge is 0.490 e. The number of hydrogen-bond acceptors (Lipinski definition) is 2. The van der Waals surface area contributed by atoms with Gasteiger partial charge in [-0.1, -0.05) is 46.8 Å². The molecule has 0 amide bonds. The van der Waals surface area contributed by atoms with Crippen molar-refractivity contribution < 1.29 is 9.47 Å². The first-order valence-corrected chi connectivity index (χ1v) is 8.68. The zero-order chi connectivity index (χ0) is 14.5. The van der Waals surface area contributed by atoms with Crippen molar-refractivity contribution >= 4 is 27.5 Å². The molecule has 1 aliphatic carbocycles. The van der Waals surface area contributed by atoms with Gasteiger partial charge >= 0.3 is 0 Å². The van der Waals surface area contributed by atoms with Crippen molar-refractivity contribution in [2.24, 2.45) is 5.92 Å². The second kappa shape index (κ2) is 7.56. The van der Waals surface area contributed by atoms with E-state index in [4.69, 9.17) is 21.1 Å². The minimum atomic E-state index is 0.287. The molecule has 112 valence electrons. The van der Waals surface area contributed by atoms with Crippen molar-refractivity contribution in [3.8, 4) is 11.5 Å². The van der Waals surface area contributed by atoms with Crippen LogP contribution in [0.25, 0.3) is 0 Å².